The summed E-state index contributed by atoms with van der Waals surface area (Å²) >= 11 is 0. The normalized spacial score (nSPS) is 12.9. The molecule has 0 radical (unpaired) electrons. The monoisotopic (exact) mass is 154 g/mol. The van der Waals surface area contributed by atoms with Gasteiger partial charge in [0, 0.05) is 11.8 Å². The lowest BCUT2D eigenvalue weighted by atomic mass is 10.1. The minimum atomic E-state index is -0.583. The SMILES string of the molecule is NC(CO)c1ccc[nH]c1=O. The van der Waals surface area contributed by atoms with Crippen LogP contribution in [0.25, 0.3) is 0 Å². The summed E-state index contributed by atoms with van der Waals surface area (Å²) in [5.74, 6) is 0. The lowest BCUT2D eigenvalue weighted by Gasteiger charge is -2.05. The Balaban J connectivity index is 3.03. The van der Waals surface area contributed by atoms with Crippen LogP contribution in [-0.4, -0.2) is 16.7 Å². The Morgan fingerprint density at radius 2 is 2.45 bits per heavy atom. The first-order chi connectivity index (χ1) is 5.25. The molecule has 0 aromatic carbocycles. The highest BCUT2D eigenvalue weighted by molar-refractivity contribution is 5.13. The third kappa shape index (κ3) is 1.66. The molecule has 0 fully saturated rings. The predicted octanol–water partition coefficient (Wildman–Crippen LogP) is -0.633. The minimum Gasteiger partial charge on any atom is -0.394 e. The van der Waals surface area contributed by atoms with Gasteiger partial charge in [-0.3, -0.25) is 4.79 Å². The van der Waals surface area contributed by atoms with Crippen molar-refractivity contribution in [2.75, 3.05) is 6.61 Å². The number of aliphatic hydroxyl groups excluding tert-OH is 1. The van der Waals surface area contributed by atoms with Gasteiger partial charge in [0.25, 0.3) is 5.56 Å². The van der Waals surface area contributed by atoms with Crippen molar-refractivity contribution in [2.45, 2.75) is 6.04 Å². The van der Waals surface area contributed by atoms with E-state index in [-0.39, 0.29) is 12.2 Å². The van der Waals surface area contributed by atoms with Crippen molar-refractivity contribution in [2.24, 2.45) is 5.73 Å². The van der Waals surface area contributed by atoms with E-state index in [4.69, 9.17) is 10.8 Å². The molecule has 0 spiro atoms. The zero-order valence-corrected chi connectivity index (χ0v) is 5.95. The second-order valence-corrected chi connectivity index (χ2v) is 2.24. The predicted molar refractivity (Wildman–Crippen MR) is 41.1 cm³/mol. The summed E-state index contributed by atoms with van der Waals surface area (Å²) in [5.41, 5.74) is 5.60. The summed E-state index contributed by atoms with van der Waals surface area (Å²) in [5, 5.41) is 8.63. The molecular formula is C7H10N2O2. The minimum absolute atomic E-state index is 0.215. The number of nitrogens with one attached hydrogen (secondary N) is 1. The summed E-state index contributed by atoms with van der Waals surface area (Å²) in [6.45, 7) is -0.215. The molecule has 4 heteroatoms. The summed E-state index contributed by atoms with van der Waals surface area (Å²) < 4.78 is 0. The number of aliphatic hydroxyl groups is 1. The Kier molecular flexibility index (Phi) is 2.40. The van der Waals surface area contributed by atoms with E-state index >= 15 is 0 Å². The summed E-state index contributed by atoms with van der Waals surface area (Å²) in [4.78, 5) is 13.4. The molecule has 0 aliphatic heterocycles. The Hall–Kier alpha value is -1.13. The van der Waals surface area contributed by atoms with E-state index in [2.05, 4.69) is 4.98 Å². The highest BCUT2D eigenvalue weighted by Gasteiger charge is 2.06. The molecule has 0 aliphatic rings. The van der Waals surface area contributed by atoms with E-state index in [9.17, 15) is 4.79 Å². The number of hydrogen-bond acceptors (Lipinski definition) is 3. The van der Waals surface area contributed by atoms with Crippen LogP contribution in [0.15, 0.2) is 23.1 Å². The van der Waals surface area contributed by atoms with Crippen LogP contribution < -0.4 is 11.3 Å². The van der Waals surface area contributed by atoms with E-state index in [0.717, 1.165) is 0 Å². The van der Waals surface area contributed by atoms with E-state index in [1.54, 1.807) is 12.1 Å². The van der Waals surface area contributed by atoms with Gasteiger partial charge in [-0.05, 0) is 6.07 Å². The largest absolute Gasteiger partial charge is 0.394 e. The van der Waals surface area contributed by atoms with Crippen LogP contribution in [0.2, 0.25) is 0 Å². The molecular weight excluding hydrogens is 144 g/mol. The zero-order chi connectivity index (χ0) is 8.27. The lowest BCUT2D eigenvalue weighted by molar-refractivity contribution is 0.267. The van der Waals surface area contributed by atoms with Crippen molar-refractivity contribution < 1.29 is 5.11 Å². The van der Waals surface area contributed by atoms with Crippen LogP contribution in [0, 0.1) is 0 Å². The number of H-pyrrole nitrogens is 1. The molecule has 1 unspecified atom stereocenters. The lowest BCUT2D eigenvalue weighted by Crippen LogP contribution is -2.23. The molecule has 1 aromatic heterocycles. The highest BCUT2D eigenvalue weighted by Crippen LogP contribution is 2.00. The van der Waals surface area contributed by atoms with Crippen LogP contribution in [0.5, 0.6) is 0 Å². The Morgan fingerprint density at radius 1 is 1.73 bits per heavy atom. The number of nitrogens with two attached hydrogens (primary N) is 1. The van der Waals surface area contributed by atoms with Crippen molar-refractivity contribution in [3.63, 3.8) is 0 Å². The first-order valence-corrected chi connectivity index (χ1v) is 3.29. The van der Waals surface area contributed by atoms with Gasteiger partial charge in [0.2, 0.25) is 0 Å². The maximum atomic E-state index is 11.0. The van der Waals surface area contributed by atoms with Crippen LogP contribution >= 0.6 is 0 Å². The fraction of sp³-hybridized carbons (Fsp3) is 0.286. The van der Waals surface area contributed by atoms with Crippen LogP contribution in [0.4, 0.5) is 0 Å². The van der Waals surface area contributed by atoms with Crippen LogP contribution in [0.1, 0.15) is 11.6 Å². The van der Waals surface area contributed by atoms with E-state index in [1.165, 1.54) is 6.20 Å². The molecule has 0 saturated carbocycles. The maximum Gasteiger partial charge on any atom is 0.252 e. The number of rotatable bonds is 2. The molecule has 1 aromatic rings. The van der Waals surface area contributed by atoms with Gasteiger partial charge in [-0.15, -0.1) is 0 Å². The average Bonchev–Trinajstić information content (AvgIpc) is 2.04. The number of pyridine rings is 1. The Bertz CT molecular complexity index is 282. The number of hydrogen-bond donors (Lipinski definition) is 3. The third-order valence-electron chi connectivity index (χ3n) is 1.44. The van der Waals surface area contributed by atoms with Gasteiger partial charge in [-0.1, -0.05) is 6.07 Å². The van der Waals surface area contributed by atoms with Gasteiger partial charge < -0.3 is 15.8 Å². The van der Waals surface area contributed by atoms with Crippen molar-refractivity contribution in [3.05, 3.63) is 34.2 Å². The summed E-state index contributed by atoms with van der Waals surface area (Å²) in [6.07, 6.45) is 1.52. The van der Waals surface area contributed by atoms with Gasteiger partial charge in [0.1, 0.15) is 0 Å². The first-order valence-electron chi connectivity index (χ1n) is 3.29. The summed E-state index contributed by atoms with van der Waals surface area (Å²) in [7, 11) is 0. The smallest absolute Gasteiger partial charge is 0.252 e. The topological polar surface area (TPSA) is 79.1 Å². The number of aromatic amines is 1. The van der Waals surface area contributed by atoms with Crippen molar-refractivity contribution in [1.29, 1.82) is 0 Å². The molecule has 60 valence electrons. The van der Waals surface area contributed by atoms with Crippen LogP contribution in [0.3, 0.4) is 0 Å². The van der Waals surface area contributed by atoms with Gasteiger partial charge in [-0.25, -0.2) is 0 Å². The summed E-state index contributed by atoms with van der Waals surface area (Å²) in [6, 6.07) is 2.69. The highest BCUT2D eigenvalue weighted by atomic mass is 16.3. The molecule has 4 N–H and O–H groups in total. The Labute approximate surface area is 63.7 Å². The van der Waals surface area contributed by atoms with Crippen LogP contribution in [-0.2, 0) is 0 Å². The van der Waals surface area contributed by atoms with E-state index < -0.39 is 6.04 Å². The van der Waals surface area contributed by atoms with E-state index in [1.807, 2.05) is 0 Å². The van der Waals surface area contributed by atoms with Gasteiger partial charge in [-0.2, -0.15) is 0 Å². The quantitative estimate of drug-likeness (QED) is 0.530. The van der Waals surface area contributed by atoms with Crippen molar-refractivity contribution in [1.82, 2.24) is 4.98 Å². The fourth-order valence-corrected chi connectivity index (χ4v) is 0.825. The molecule has 0 amide bonds. The second kappa shape index (κ2) is 3.32. The van der Waals surface area contributed by atoms with Gasteiger partial charge in [0.15, 0.2) is 0 Å². The molecule has 0 bridgehead atoms. The van der Waals surface area contributed by atoms with Gasteiger partial charge in [0.05, 0.1) is 12.6 Å². The van der Waals surface area contributed by atoms with Crippen molar-refractivity contribution >= 4 is 0 Å². The average molecular weight is 154 g/mol. The molecule has 1 rings (SSSR count). The van der Waals surface area contributed by atoms with Gasteiger partial charge >= 0.3 is 0 Å². The molecule has 1 atom stereocenters. The third-order valence-corrected chi connectivity index (χ3v) is 1.44. The molecule has 1 heterocycles. The maximum absolute atomic E-state index is 11.0. The first kappa shape index (κ1) is 7.97. The fourth-order valence-electron chi connectivity index (χ4n) is 0.825. The molecule has 0 saturated heterocycles. The second-order valence-electron chi connectivity index (χ2n) is 2.24. The number of aromatic nitrogens is 1. The molecule has 4 nitrogen and oxygen atoms in total. The van der Waals surface area contributed by atoms with Crippen molar-refractivity contribution in [3.8, 4) is 0 Å². The van der Waals surface area contributed by atoms with E-state index in [0.29, 0.717) is 5.56 Å². The Morgan fingerprint density at radius 3 is 3.00 bits per heavy atom. The zero-order valence-electron chi connectivity index (χ0n) is 5.95. The molecule has 0 aliphatic carbocycles. The molecule has 11 heavy (non-hydrogen) atoms. The standard InChI is InChI=1S/C7H10N2O2/c8-6(4-10)5-2-1-3-9-7(5)11/h1-3,6,10H,4,8H2,(H,9,11).